The number of hydrogen-bond acceptors (Lipinski definition) is 0. The minimum atomic E-state index is 1.39. The summed E-state index contributed by atoms with van der Waals surface area (Å²) in [4.78, 5) is 0. The molecule has 0 amide bonds. The van der Waals surface area contributed by atoms with E-state index >= 15 is 0 Å². The molecule has 0 unspecified atom stereocenters. The van der Waals surface area contributed by atoms with Gasteiger partial charge in [-0.05, 0) is 192 Å². The summed E-state index contributed by atoms with van der Waals surface area (Å²) in [6, 6.07) is 9.85. The molecule has 0 saturated heterocycles. The summed E-state index contributed by atoms with van der Waals surface area (Å²) in [5.41, 5.74) is 14.2. The Morgan fingerprint density at radius 1 is 0.219 bits per heavy atom. The maximum atomic E-state index is 2.46. The summed E-state index contributed by atoms with van der Waals surface area (Å²) in [6.07, 6.45) is 0. The Balaban J connectivity index is 2.04. The maximum absolute atomic E-state index is 2.46. The van der Waals surface area contributed by atoms with Gasteiger partial charge in [0, 0.05) is 0 Å². The molecule has 0 bridgehead atoms. The smallest absolute Gasteiger partial charge is 0.0139 e. The molecule has 0 heteroatoms. The molecule has 0 N–H and O–H groups in total. The van der Waals surface area contributed by atoms with E-state index in [0.29, 0.717) is 0 Å². The predicted molar refractivity (Wildman–Crippen MR) is 144 cm³/mol. The number of hydrogen-bond donors (Lipinski definition) is 0. The summed E-state index contributed by atoms with van der Waals surface area (Å²) >= 11 is 0. The average Bonchev–Trinajstić information content (AvgIpc) is 2.80. The van der Waals surface area contributed by atoms with E-state index in [9.17, 15) is 0 Å². The first-order valence-corrected chi connectivity index (χ1v) is 11.8. The Morgan fingerprint density at radius 2 is 0.375 bits per heavy atom. The van der Waals surface area contributed by atoms with E-state index < -0.39 is 0 Å². The van der Waals surface area contributed by atoms with E-state index in [1.165, 1.54) is 98.7 Å². The largest absolute Gasteiger partial charge is 0.0459 e. The van der Waals surface area contributed by atoms with E-state index in [-0.39, 0.29) is 0 Å². The molecule has 0 aliphatic carbocycles. The highest BCUT2D eigenvalue weighted by Crippen LogP contribution is 2.40. The molecule has 5 rings (SSSR count). The van der Waals surface area contributed by atoms with E-state index in [1.54, 1.807) is 0 Å². The van der Waals surface area contributed by atoms with Crippen LogP contribution >= 0.6 is 0 Å². The van der Waals surface area contributed by atoms with Gasteiger partial charge in [0.1, 0.15) is 0 Å². The Kier molecular flexibility index (Phi) is 4.48. The zero-order valence-electron chi connectivity index (χ0n) is 21.3. The Morgan fingerprint density at radius 3 is 0.562 bits per heavy atom. The third-order valence-electron chi connectivity index (χ3n) is 8.92. The molecule has 0 aromatic heterocycles. The lowest BCUT2D eigenvalue weighted by Gasteiger charge is -2.20. The Labute approximate surface area is 192 Å². The second-order valence-electron chi connectivity index (χ2n) is 10.1. The van der Waals surface area contributed by atoms with E-state index in [2.05, 4.69) is 93.5 Å². The lowest BCUT2D eigenvalue weighted by molar-refractivity contribution is 1.25. The van der Waals surface area contributed by atoms with Crippen molar-refractivity contribution in [3.05, 3.63) is 79.9 Å². The molecule has 162 valence electrons. The molecule has 0 aliphatic heterocycles. The first-order valence-electron chi connectivity index (χ1n) is 11.8. The normalized spacial score (nSPS) is 12.1. The van der Waals surface area contributed by atoms with Gasteiger partial charge in [-0.15, -0.1) is 0 Å². The van der Waals surface area contributed by atoms with Crippen molar-refractivity contribution in [2.45, 2.75) is 69.2 Å². The second kappa shape index (κ2) is 6.82. The number of rotatable bonds is 0. The van der Waals surface area contributed by atoms with Crippen molar-refractivity contribution in [2.75, 3.05) is 0 Å². The van der Waals surface area contributed by atoms with Crippen LogP contribution in [0.4, 0.5) is 0 Å². The molecule has 0 spiro atoms. The number of benzene rings is 5. The molecule has 0 aliphatic rings. The molecule has 0 radical (unpaired) electrons. The zero-order valence-corrected chi connectivity index (χ0v) is 21.3. The van der Waals surface area contributed by atoms with Crippen LogP contribution in [0.2, 0.25) is 0 Å². The second-order valence-corrected chi connectivity index (χ2v) is 10.1. The van der Waals surface area contributed by atoms with Gasteiger partial charge in [-0.1, -0.05) is 0 Å². The highest BCUT2D eigenvalue weighted by atomic mass is 14.2. The van der Waals surface area contributed by atoms with E-state index in [0.717, 1.165) is 0 Å². The monoisotopic (exact) mass is 418 g/mol. The van der Waals surface area contributed by atoms with Crippen molar-refractivity contribution < 1.29 is 0 Å². The van der Waals surface area contributed by atoms with Crippen molar-refractivity contribution in [3.63, 3.8) is 0 Å². The summed E-state index contributed by atoms with van der Waals surface area (Å²) in [7, 11) is 0. The van der Waals surface area contributed by atoms with Crippen LogP contribution in [0.3, 0.4) is 0 Å². The van der Waals surface area contributed by atoms with Crippen LogP contribution in [0.1, 0.15) is 55.6 Å². The van der Waals surface area contributed by atoms with Crippen molar-refractivity contribution in [1.82, 2.24) is 0 Å². The summed E-state index contributed by atoms with van der Waals surface area (Å²) < 4.78 is 0. The summed E-state index contributed by atoms with van der Waals surface area (Å²) in [5, 5.41) is 11.2. The third-order valence-corrected chi connectivity index (χ3v) is 8.92. The van der Waals surface area contributed by atoms with Crippen LogP contribution in [0.25, 0.3) is 43.1 Å². The summed E-state index contributed by atoms with van der Waals surface area (Å²) in [5.74, 6) is 0. The topological polar surface area (TPSA) is 0 Å². The molecule has 0 fully saturated rings. The van der Waals surface area contributed by atoms with Crippen molar-refractivity contribution in [1.29, 1.82) is 0 Å². The molecule has 0 saturated carbocycles. The zero-order chi connectivity index (χ0) is 23.2. The van der Waals surface area contributed by atoms with Gasteiger partial charge in [-0.3, -0.25) is 0 Å². The van der Waals surface area contributed by atoms with Crippen LogP contribution in [0, 0.1) is 69.2 Å². The van der Waals surface area contributed by atoms with Crippen LogP contribution in [-0.2, 0) is 0 Å². The van der Waals surface area contributed by atoms with Crippen LogP contribution in [0.15, 0.2) is 24.3 Å². The standard InChI is InChI=1S/C32H34/c1-15-16(2)20(6)26-12-30-24(10)32-14-28-22(8)18(4)17(3)21(7)27(28)13-31(32)23(9)29(30)11-25(26)19(15)5/h11-14H,1-10H3. The van der Waals surface area contributed by atoms with Gasteiger partial charge in [-0.25, -0.2) is 0 Å². The molecule has 0 nitrogen and oxygen atoms in total. The SMILES string of the molecule is Cc1c(C)c(C)c2cc3c(C)c4cc5c(C)c(C)c(C)c(C)c5cc4c(C)c3cc2c1C. The molecule has 5 aromatic carbocycles. The van der Waals surface area contributed by atoms with Crippen LogP contribution < -0.4 is 0 Å². The first kappa shape index (κ1) is 21.0. The van der Waals surface area contributed by atoms with Crippen LogP contribution in [0.5, 0.6) is 0 Å². The molecule has 5 aromatic rings. The minimum absolute atomic E-state index is 1.39. The third kappa shape index (κ3) is 2.56. The average molecular weight is 419 g/mol. The van der Waals surface area contributed by atoms with Gasteiger partial charge >= 0.3 is 0 Å². The fraction of sp³-hybridized carbons (Fsp3) is 0.312. The molecular weight excluding hydrogens is 384 g/mol. The Bertz CT molecular complexity index is 1400. The van der Waals surface area contributed by atoms with Gasteiger partial charge in [0.2, 0.25) is 0 Å². The highest BCUT2D eigenvalue weighted by Gasteiger charge is 2.17. The maximum Gasteiger partial charge on any atom is -0.0139 e. The van der Waals surface area contributed by atoms with Crippen molar-refractivity contribution >= 4 is 43.1 Å². The van der Waals surface area contributed by atoms with E-state index in [4.69, 9.17) is 0 Å². The van der Waals surface area contributed by atoms with Crippen molar-refractivity contribution in [3.8, 4) is 0 Å². The fourth-order valence-electron chi connectivity index (χ4n) is 5.90. The lowest BCUT2D eigenvalue weighted by Crippen LogP contribution is -1.97. The fourth-order valence-corrected chi connectivity index (χ4v) is 5.90. The first-order chi connectivity index (χ1) is 15.0. The van der Waals surface area contributed by atoms with Gasteiger partial charge in [-0.2, -0.15) is 0 Å². The van der Waals surface area contributed by atoms with Gasteiger partial charge in [0.25, 0.3) is 0 Å². The molecular formula is C32H34. The van der Waals surface area contributed by atoms with Crippen molar-refractivity contribution in [2.24, 2.45) is 0 Å². The predicted octanol–water partition coefficient (Wildman–Crippen LogP) is 9.38. The summed E-state index contributed by atoms with van der Waals surface area (Å²) in [6.45, 7) is 22.8. The highest BCUT2D eigenvalue weighted by molar-refractivity contribution is 6.14. The Hall–Kier alpha value is -2.86. The lowest BCUT2D eigenvalue weighted by atomic mass is 9.84. The van der Waals surface area contributed by atoms with Gasteiger partial charge < -0.3 is 0 Å². The van der Waals surface area contributed by atoms with Gasteiger partial charge in [0.15, 0.2) is 0 Å². The quantitative estimate of drug-likeness (QED) is 0.220. The van der Waals surface area contributed by atoms with Crippen LogP contribution in [-0.4, -0.2) is 0 Å². The molecule has 32 heavy (non-hydrogen) atoms. The molecule has 0 heterocycles. The minimum Gasteiger partial charge on any atom is -0.0459 e. The number of fused-ring (bicyclic) bond motifs is 4. The number of aryl methyl sites for hydroxylation is 6. The van der Waals surface area contributed by atoms with E-state index in [1.807, 2.05) is 0 Å². The van der Waals surface area contributed by atoms with Gasteiger partial charge in [0.05, 0.1) is 0 Å². The molecule has 0 atom stereocenters.